The molecule has 22 heavy (non-hydrogen) atoms. The minimum Gasteiger partial charge on any atom is -0.480 e. The van der Waals surface area contributed by atoms with E-state index in [0.29, 0.717) is 23.5 Å². The van der Waals surface area contributed by atoms with E-state index >= 15 is 0 Å². The van der Waals surface area contributed by atoms with Gasteiger partial charge in [0.1, 0.15) is 11.4 Å². The first-order valence-corrected chi connectivity index (χ1v) is 7.84. The average Bonchev–Trinajstić information content (AvgIpc) is 2.85. The number of benzene rings is 1. The van der Waals surface area contributed by atoms with E-state index in [4.69, 9.17) is 5.11 Å². The average molecular weight is 318 g/mol. The largest absolute Gasteiger partial charge is 0.480 e. The van der Waals surface area contributed by atoms with Crippen molar-refractivity contribution in [1.29, 1.82) is 0 Å². The number of likely N-dealkylation sites (N-methyl/N-ethyl adjacent to an activating group) is 1. The van der Waals surface area contributed by atoms with Crippen LogP contribution >= 0.6 is 11.3 Å². The summed E-state index contributed by atoms with van der Waals surface area (Å²) in [6, 6.07) is 9.92. The molecule has 0 aliphatic rings. The number of thiazole rings is 1. The third kappa shape index (κ3) is 3.92. The molecule has 0 spiro atoms. The van der Waals surface area contributed by atoms with E-state index in [2.05, 4.69) is 4.98 Å². The summed E-state index contributed by atoms with van der Waals surface area (Å²) in [5.41, 5.74) is 1.79. The molecule has 0 radical (unpaired) electrons. The molecule has 1 aromatic heterocycles. The number of aromatic nitrogens is 1. The van der Waals surface area contributed by atoms with Crippen LogP contribution in [0.5, 0.6) is 0 Å². The van der Waals surface area contributed by atoms with E-state index in [0.717, 1.165) is 10.6 Å². The SMILES string of the molecule is CCN(CC(=O)O)C(=O)c1sc(Cc2ccccc2)nc1C. The maximum Gasteiger partial charge on any atom is 0.323 e. The number of aryl methyl sites for hydroxylation is 1. The Labute approximate surface area is 133 Å². The van der Waals surface area contributed by atoms with Crippen LogP contribution in [0.3, 0.4) is 0 Å². The van der Waals surface area contributed by atoms with Crippen molar-refractivity contribution in [2.75, 3.05) is 13.1 Å². The summed E-state index contributed by atoms with van der Waals surface area (Å²) in [4.78, 5) is 29.5. The van der Waals surface area contributed by atoms with E-state index in [1.54, 1.807) is 13.8 Å². The summed E-state index contributed by atoms with van der Waals surface area (Å²) >= 11 is 1.34. The van der Waals surface area contributed by atoms with E-state index in [9.17, 15) is 9.59 Å². The highest BCUT2D eigenvalue weighted by molar-refractivity contribution is 7.13. The van der Waals surface area contributed by atoms with Crippen LogP contribution in [0.4, 0.5) is 0 Å². The zero-order valence-corrected chi connectivity index (χ0v) is 13.4. The van der Waals surface area contributed by atoms with Crippen molar-refractivity contribution in [3.63, 3.8) is 0 Å². The molecule has 0 bridgehead atoms. The highest BCUT2D eigenvalue weighted by Gasteiger charge is 2.22. The van der Waals surface area contributed by atoms with Gasteiger partial charge in [-0.15, -0.1) is 11.3 Å². The predicted molar refractivity (Wildman–Crippen MR) is 85.3 cm³/mol. The number of amides is 1. The third-order valence-electron chi connectivity index (χ3n) is 3.23. The number of hydrogen-bond donors (Lipinski definition) is 1. The zero-order chi connectivity index (χ0) is 16.1. The molecule has 1 aromatic carbocycles. The molecule has 0 saturated heterocycles. The Morgan fingerprint density at radius 1 is 1.27 bits per heavy atom. The molecular formula is C16H18N2O3S. The van der Waals surface area contributed by atoms with Crippen LogP contribution in [0.1, 0.15) is 32.9 Å². The lowest BCUT2D eigenvalue weighted by molar-refractivity contribution is -0.137. The van der Waals surface area contributed by atoms with Gasteiger partial charge in [0.15, 0.2) is 0 Å². The van der Waals surface area contributed by atoms with Gasteiger partial charge in [-0.05, 0) is 19.4 Å². The van der Waals surface area contributed by atoms with Crippen LogP contribution in [-0.2, 0) is 11.2 Å². The Hall–Kier alpha value is -2.21. The molecule has 1 N–H and O–H groups in total. The van der Waals surface area contributed by atoms with Crippen molar-refractivity contribution in [2.24, 2.45) is 0 Å². The van der Waals surface area contributed by atoms with Gasteiger partial charge in [0.05, 0.1) is 10.7 Å². The molecule has 2 aromatic rings. The van der Waals surface area contributed by atoms with Crippen molar-refractivity contribution in [2.45, 2.75) is 20.3 Å². The van der Waals surface area contributed by atoms with Gasteiger partial charge >= 0.3 is 5.97 Å². The van der Waals surface area contributed by atoms with Crippen LogP contribution in [0.2, 0.25) is 0 Å². The lowest BCUT2D eigenvalue weighted by Crippen LogP contribution is -2.35. The van der Waals surface area contributed by atoms with Gasteiger partial charge < -0.3 is 10.0 Å². The van der Waals surface area contributed by atoms with Crippen molar-refractivity contribution < 1.29 is 14.7 Å². The molecule has 1 amide bonds. The third-order valence-corrected chi connectivity index (χ3v) is 4.37. The Morgan fingerprint density at radius 2 is 1.95 bits per heavy atom. The second-order valence-electron chi connectivity index (χ2n) is 4.90. The quantitative estimate of drug-likeness (QED) is 0.888. The van der Waals surface area contributed by atoms with Gasteiger partial charge in [-0.25, -0.2) is 4.98 Å². The molecule has 6 heteroatoms. The van der Waals surface area contributed by atoms with Gasteiger partial charge in [0.25, 0.3) is 5.91 Å². The van der Waals surface area contributed by atoms with Crippen molar-refractivity contribution >= 4 is 23.2 Å². The lowest BCUT2D eigenvalue weighted by atomic mass is 10.2. The first-order chi connectivity index (χ1) is 10.5. The lowest BCUT2D eigenvalue weighted by Gasteiger charge is -2.17. The monoisotopic (exact) mass is 318 g/mol. The predicted octanol–water partition coefficient (Wildman–Crippen LogP) is 2.59. The fourth-order valence-electron chi connectivity index (χ4n) is 2.13. The number of aliphatic carboxylic acids is 1. The zero-order valence-electron chi connectivity index (χ0n) is 12.6. The summed E-state index contributed by atoms with van der Waals surface area (Å²) in [6.07, 6.45) is 0.671. The van der Waals surface area contributed by atoms with Crippen LogP contribution in [0, 0.1) is 6.92 Å². The fraction of sp³-hybridized carbons (Fsp3) is 0.312. The summed E-state index contributed by atoms with van der Waals surface area (Å²) in [5.74, 6) is -1.28. The van der Waals surface area contributed by atoms with Crippen molar-refractivity contribution in [1.82, 2.24) is 9.88 Å². The molecule has 2 rings (SSSR count). The number of carboxylic acids is 1. The highest BCUT2D eigenvalue weighted by Crippen LogP contribution is 2.22. The first-order valence-electron chi connectivity index (χ1n) is 7.02. The highest BCUT2D eigenvalue weighted by atomic mass is 32.1. The number of carboxylic acid groups (broad SMARTS) is 1. The fourth-order valence-corrected chi connectivity index (χ4v) is 3.20. The van der Waals surface area contributed by atoms with Crippen molar-refractivity contribution in [3.8, 4) is 0 Å². The first kappa shape index (κ1) is 16.2. The van der Waals surface area contributed by atoms with Gasteiger partial charge in [0, 0.05) is 13.0 Å². The standard InChI is InChI=1S/C16H18N2O3S/c1-3-18(10-14(19)20)16(21)15-11(2)17-13(22-15)9-12-7-5-4-6-8-12/h4-8H,3,9-10H2,1-2H3,(H,19,20). The van der Waals surface area contributed by atoms with Gasteiger partial charge in [0.2, 0.25) is 0 Å². The Bertz CT molecular complexity index is 667. The second kappa shape index (κ2) is 7.17. The molecular weight excluding hydrogens is 300 g/mol. The summed E-state index contributed by atoms with van der Waals surface area (Å²) in [7, 11) is 0. The van der Waals surface area contributed by atoms with E-state index < -0.39 is 5.97 Å². The van der Waals surface area contributed by atoms with Gasteiger partial charge in [-0.1, -0.05) is 30.3 Å². The van der Waals surface area contributed by atoms with Gasteiger partial charge in [-0.2, -0.15) is 0 Å². The maximum absolute atomic E-state index is 12.4. The number of rotatable bonds is 6. The van der Waals surface area contributed by atoms with Crippen LogP contribution in [-0.4, -0.2) is 40.0 Å². The minimum atomic E-state index is -1.01. The number of carbonyl (C=O) groups excluding carboxylic acids is 1. The number of nitrogens with zero attached hydrogens (tertiary/aromatic N) is 2. The van der Waals surface area contributed by atoms with E-state index in [1.807, 2.05) is 30.3 Å². The molecule has 0 atom stereocenters. The normalized spacial score (nSPS) is 10.5. The molecule has 0 aliphatic carbocycles. The van der Waals surface area contributed by atoms with Gasteiger partial charge in [-0.3, -0.25) is 9.59 Å². The van der Waals surface area contributed by atoms with Crippen LogP contribution in [0.15, 0.2) is 30.3 Å². The summed E-state index contributed by atoms with van der Waals surface area (Å²) in [5, 5.41) is 9.73. The van der Waals surface area contributed by atoms with E-state index in [1.165, 1.54) is 16.2 Å². The Balaban J connectivity index is 2.18. The van der Waals surface area contributed by atoms with E-state index in [-0.39, 0.29) is 12.5 Å². The molecule has 0 unspecified atom stereocenters. The van der Waals surface area contributed by atoms with Crippen LogP contribution in [0.25, 0.3) is 0 Å². The topological polar surface area (TPSA) is 70.5 Å². The minimum absolute atomic E-state index is 0.265. The molecule has 1 heterocycles. The molecule has 0 aliphatic heterocycles. The molecule has 116 valence electrons. The number of hydrogen-bond acceptors (Lipinski definition) is 4. The smallest absolute Gasteiger partial charge is 0.323 e. The second-order valence-corrected chi connectivity index (χ2v) is 5.98. The Kier molecular flexibility index (Phi) is 5.27. The van der Waals surface area contributed by atoms with Crippen LogP contribution < -0.4 is 0 Å². The van der Waals surface area contributed by atoms with Crippen molar-refractivity contribution in [3.05, 3.63) is 51.5 Å². The maximum atomic E-state index is 12.4. The Morgan fingerprint density at radius 3 is 2.55 bits per heavy atom. The number of carbonyl (C=O) groups is 2. The summed E-state index contributed by atoms with van der Waals surface area (Å²) < 4.78 is 0. The molecule has 0 fully saturated rings. The molecule has 0 saturated carbocycles. The summed E-state index contributed by atoms with van der Waals surface area (Å²) in [6.45, 7) is 3.62. The molecule has 5 nitrogen and oxygen atoms in total.